The van der Waals surface area contributed by atoms with Crippen LogP contribution in [0.2, 0.25) is 0 Å². The summed E-state index contributed by atoms with van der Waals surface area (Å²) in [7, 11) is 0. The van der Waals surface area contributed by atoms with E-state index in [-0.39, 0.29) is 11.8 Å². The lowest BCUT2D eigenvalue weighted by molar-refractivity contribution is 0.0642. The van der Waals surface area contributed by atoms with Crippen molar-refractivity contribution in [2.24, 2.45) is 4.99 Å². The van der Waals surface area contributed by atoms with Crippen molar-refractivity contribution < 1.29 is 9.59 Å². The fourth-order valence-corrected chi connectivity index (χ4v) is 5.24. The molecule has 6 nitrogen and oxygen atoms in total. The van der Waals surface area contributed by atoms with Gasteiger partial charge in [0.1, 0.15) is 0 Å². The maximum atomic E-state index is 13.4. The Labute approximate surface area is 205 Å². The van der Waals surface area contributed by atoms with Crippen LogP contribution < -0.4 is 4.80 Å². The molecule has 4 rings (SSSR count). The molecule has 0 aliphatic carbocycles. The average Bonchev–Trinajstić information content (AvgIpc) is 3.11. The van der Waals surface area contributed by atoms with Crippen LogP contribution in [0.25, 0.3) is 0 Å². The number of nitrogens with zero attached hydrogens (tertiary/aromatic N) is 4. The topological polar surface area (TPSA) is 57.9 Å². The van der Waals surface area contributed by atoms with Crippen LogP contribution >= 0.6 is 11.3 Å². The molecule has 0 spiro atoms. The maximum absolute atomic E-state index is 13.4. The summed E-state index contributed by atoms with van der Waals surface area (Å²) in [6.07, 6.45) is 0. The average molecular weight is 477 g/mol. The first-order valence-corrected chi connectivity index (χ1v) is 12.6. The van der Waals surface area contributed by atoms with Crippen molar-refractivity contribution >= 4 is 23.2 Å². The Hall–Kier alpha value is -3.03. The molecular weight excluding hydrogens is 444 g/mol. The highest BCUT2D eigenvalue weighted by Gasteiger charge is 2.23. The Morgan fingerprint density at radius 3 is 2.41 bits per heavy atom. The minimum Gasteiger partial charge on any atom is -0.336 e. The molecule has 1 aliphatic heterocycles. The monoisotopic (exact) mass is 476 g/mol. The molecule has 178 valence electrons. The standard InChI is InChI=1S/C27H32N4O2S/c1-5-29-13-15-30(16-14-29)26(33)24-12-7-6-10-23(24)18-31-20(3)21(4)34-27(31)28-25(32)22-11-8-9-19(2)17-22/h6-12,17H,5,13-16,18H2,1-4H3. The predicted molar refractivity (Wildman–Crippen MR) is 136 cm³/mol. The van der Waals surface area contributed by atoms with Crippen LogP contribution in [0.4, 0.5) is 0 Å². The second kappa shape index (κ2) is 10.5. The Morgan fingerprint density at radius 1 is 0.971 bits per heavy atom. The van der Waals surface area contributed by atoms with Gasteiger partial charge in [0.25, 0.3) is 11.8 Å². The smallest absolute Gasteiger partial charge is 0.279 e. The van der Waals surface area contributed by atoms with E-state index in [1.54, 1.807) is 6.07 Å². The first kappa shape index (κ1) is 24.1. The van der Waals surface area contributed by atoms with Crippen LogP contribution in [0.5, 0.6) is 0 Å². The largest absolute Gasteiger partial charge is 0.336 e. The number of aryl methyl sites for hydroxylation is 2. The number of piperazine rings is 1. The van der Waals surface area contributed by atoms with Gasteiger partial charge >= 0.3 is 0 Å². The van der Waals surface area contributed by atoms with Crippen molar-refractivity contribution in [3.05, 3.63) is 86.2 Å². The van der Waals surface area contributed by atoms with Crippen LogP contribution in [0.1, 0.15) is 49.3 Å². The van der Waals surface area contributed by atoms with E-state index in [1.165, 1.54) is 11.3 Å². The molecule has 1 aromatic heterocycles. The van der Waals surface area contributed by atoms with Gasteiger partial charge in [-0.05, 0) is 51.1 Å². The molecule has 0 radical (unpaired) electrons. The lowest BCUT2D eigenvalue weighted by Gasteiger charge is -2.34. The molecule has 34 heavy (non-hydrogen) atoms. The molecular formula is C27H32N4O2S. The highest BCUT2D eigenvalue weighted by molar-refractivity contribution is 7.09. The third kappa shape index (κ3) is 5.21. The van der Waals surface area contributed by atoms with Crippen LogP contribution in [-0.4, -0.2) is 58.9 Å². The Kier molecular flexibility index (Phi) is 7.44. The van der Waals surface area contributed by atoms with Gasteiger partial charge in [0.2, 0.25) is 0 Å². The summed E-state index contributed by atoms with van der Waals surface area (Å²) in [4.78, 5) is 36.8. The third-order valence-electron chi connectivity index (χ3n) is 6.53. The predicted octanol–water partition coefficient (Wildman–Crippen LogP) is 4.04. The molecule has 0 saturated carbocycles. The lowest BCUT2D eigenvalue weighted by atomic mass is 10.1. The summed E-state index contributed by atoms with van der Waals surface area (Å²) in [6, 6.07) is 15.3. The number of rotatable bonds is 5. The van der Waals surface area contributed by atoms with Crippen molar-refractivity contribution in [1.29, 1.82) is 0 Å². The van der Waals surface area contributed by atoms with Crippen molar-refractivity contribution in [3.8, 4) is 0 Å². The summed E-state index contributed by atoms with van der Waals surface area (Å²) in [5, 5.41) is 0. The molecule has 3 aromatic rings. The fourth-order valence-electron chi connectivity index (χ4n) is 4.27. The zero-order valence-electron chi connectivity index (χ0n) is 20.4. The second-order valence-electron chi connectivity index (χ2n) is 8.78. The highest BCUT2D eigenvalue weighted by Crippen LogP contribution is 2.18. The van der Waals surface area contributed by atoms with Crippen LogP contribution in [0, 0.1) is 20.8 Å². The maximum Gasteiger partial charge on any atom is 0.279 e. The quantitative estimate of drug-likeness (QED) is 0.558. The molecule has 2 amide bonds. The minimum absolute atomic E-state index is 0.0749. The molecule has 0 atom stereocenters. The van der Waals surface area contributed by atoms with E-state index in [1.807, 2.05) is 68.1 Å². The van der Waals surface area contributed by atoms with Crippen molar-refractivity contribution in [2.45, 2.75) is 34.2 Å². The fraction of sp³-hybridized carbons (Fsp3) is 0.370. The highest BCUT2D eigenvalue weighted by atomic mass is 32.1. The molecule has 0 bridgehead atoms. The molecule has 1 aliphatic rings. The lowest BCUT2D eigenvalue weighted by Crippen LogP contribution is -2.48. The van der Waals surface area contributed by atoms with Crippen molar-refractivity contribution in [1.82, 2.24) is 14.4 Å². The van der Waals surface area contributed by atoms with Gasteiger partial charge in [-0.25, -0.2) is 0 Å². The van der Waals surface area contributed by atoms with Gasteiger partial charge in [0.05, 0.1) is 6.54 Å². The van der Waals surface area contributed by atoms with E-state index in [0.29, 0.717) is 16.9 Å². The van der Waals surface area contributed by atoms with Crippen molar-refractivity contribution in [2.75, 3.05) is 32.7 Å². The van der Waals surface area contributed by atoms with Crippen LogP contribution in [0.3, 0.4) is 0 Å². The number of benzene rings is 2. The third-order valence-corrected chi connectivity index (χ3v) is 7.63. The number of hydrogen-bond donors (Lipinski definition) is 0. The molecule has 0 unspecified atom stereocenters. The summed E-state index contributed by atoms with van der Waals surface area (Å²) in [5.41, 5.74) is 4.33. The van der Waals surface area contributed by atoms with E-state index >= 15 is 0 Å². The molecule has 2 aromatic carbocycles. The zero-order valence-corrected chi connectivity index (χ0v) is 21.2. The Morgan fingerprint density at radius 2 is 1.71 bits per heavy atom. The van der Waals surface area contributed by atoms with Crippen molar-refractivity contribution in [3.63, 3.8) is 0 Å². The molecule has 0 N–H and O–H groups in total. The molecule has 1 saturated heterocycles. The van der Waals surface area contributed by atoms with Gasteiger partial charge in [-0.3, -0.25) is 9.59 Å². The van der Waals surface area contributed by atoms with Crippen LogP contribution in [-0.2, 0) is 6.54 Å². The second-order valence-corrected chi connectivity index (χ2v) is 9.96. The SMILES string of the molecule is CCN1CCN(C(=O)c2ccccc2Cn2c(C)c(C)sc2=NC(=O)c2cccc(C)c2)CC1. The van der Waals surface area contributed by atoms with Gasteiger partial charge in [-0.1, -0.05) is 42.8 Å². The first-order valence-electron chi connectivity index (χ1n) is 11.8. The minimum atomic E-state index is -0.253. The normalized spacial score (nSPS) is 15.1. The molecule has 1 fully saturated rings. The Bertz CT molecular complexity index is 1270. The van der Waals surface area contributed by atoms with E-state index in [4.69, 9.17) is 0 Å². The summed E-state index contributed by atoms with van der Waals surface area (Å²) < 4.78 is 2.05. The zero-order chi connectivity index (χ0) is 24.2. The van der Waals surface area contributed by atoms with E-state index in [0.717, 1.165) is 60.0 Å². The Balaban J connectivity index is 1.64. The molecule has 2 heterocycles. The van der Waals surface area contributed by atoms with Gasteiger partial charge in [0.15, 0.2) is 4.80 Å². The number of hydrogen-bond acceptors (Lipinski definition) is 4. The first-order chi connectivity index (χ1) is 16.4. The number of amides is 2. The number of aromatic nitrogens is 1. The number of thiazole rings is 1. The summed E-state index contributed by atoms with van der Waals surface area (Å²) in [5.74, 6) is -0.178. The van der Waals surface area contributed by atoms with Gasteiger partial charge in [-0.15, -0.1) is 11.3 Å². The molecule has 7 heteroatoms. The van der Waals surface area contributed by atoms with Crippen LogP contribution in [0.15, 0.2) is 53.5 Å². The number of carbonyl (C=O) groups is 2. The van der Waals surface area contributed by atoms with Gasteiger partial charge in [0, 0.05) is 47.9 Å². The van der Waals surface area contributed by atoms with E-state index in [2.05, 4.69) is 21.4 Å². The number of likely N-dealkylation sites (N-methyl/N-ethyl adjacent to an activating group) is 1. The summed E-state index contributed by atoms with van der Waals surface area (Å²) in [6.45, 7) is 13.0. The van der Waals surface area contributed by atoms with Gasteiger partial charge < -0.3 is 14.4 Å². The van der Waals surface area contributed by atoms with E-state index < -0.39 is 0 Å². The van der Waals surface area contributed by atoms with Gasteiger partial charge in [-0.2, -0.15) is 4.99 Å². The summed E-state index contributed by atoms with van der Waals surface area (Å²) >= 11 is 1.51. The number of carbonyl (C=O) groups excluding carboxylic acids is 2. The van der Waals surface area contributed by atoms with E-state index in [9.17, 15) is 9.59 Å².